The molecule has 0 atom stereocenters. The van der Waals surface area contributed by atoms with E-state index in [-0.39, 0.29) is 16.5 Å². The molecule has 0 spiro atoms. The monoisotopic (exact) mass is 453 g/mol. The Morgan fingerprint density at radius 2 is 2.06 bits per heavy atom. The third-order valence-electron chi connectivity index (χ3n) is 4.48. The van der Waals surface area contributed by atoms with Gasteiger partial charge in [0.15, 0.2) is 0 Å². The molecule has 9 nitrogen and oxygen atoms in total. The molecule has 3 aromatic heterocycles. The van der Waals surface area contributed by atoms with Crippen molar-refractivity contribution < 1.29 is 14.3 Å². The number of aromatic carboxylic acids is 1. The van der Waals surface area contributed by atoms with Gasteiger partial charge in [0.2, 0.25) is 5.95 Å². The lowest BCUT2D eigenvalue weighted by molar-refractivity contribution is 0.0696. The van der Waals surface area contributed by atoms with E-state index in [1.165, 1.54) is 30.5 Å². The first-order chi connectivity index (χ1) is 15.5. The standard InChI is InChI=1S/C21H17ClFN7O2/c22-17-8-15(1-2-18(17)23)28-21-27-11-16(13-7-14(20(31)32)10-25-9-13)19(29-21)26-4-6-30-5-3-24-12-30/h1-3,5,7-12H,4,6H2,(H,31,32)(H2,26,27,28,29). The lowest BCUT2D eigenvalue weighted by Crippen LogP contribution is -2.12. The number of pyridine rings is 1. The van der Waals surface area contributed by atoms with Gasteiger partial charge in [0, 0.05) is 60.9 Å². The number of nitrogens with one attached hydrogen (secondary N) is 2. The molecule has 0 fully saturated rings. The predicted molar refractivity (Wildman–Crippen MR) is 118 cm³/mol. The van der Waals surface area contributed by atoms with Crippen molar-refractivity contribution in [1.29, 1.82) is 0 Å². The molecular weight excluding hydrogens is 437 g/mol. The Hall–Kier alpha value is -4.05. The summed E-state index contributed by atoms with van der Waals surface area (Å²) in [5.41, 5.74) is 1.69. The van der Waals surface area contributed by atoms with Gasteiger partial charge in [0.25, 0.3) is 0 Å². The summed E-state index contributed by atoms with van der Waals surface area (Å²) < 4.78 is 15.3. The number of aromatic nitrogens is 5. The minimum absolute atomic E-state index is 0.0261. The lowest BCUT2D eigenvalue weighted by atomic mass is 10.1. The highest BCUT2D eigenvalue weighted by molar-refractivity contribution is 6.31. The Morgan fingerprint density at radius 3 is 2.81 bits per heavy atom. The second-order valence-corrected chi connectivity index (χ2v) is 7.11. The molecule has 32 heavy (non-hydrogen) atoms. The first kappa shape index (κ1) is 21.2. The second-order valence-electron chi connectivity index (χ2n) is 6.70. The summed E-state index contributed by atoms with van der Waals surface area (Å²) in [5.74, 6) is -0.883. The Labute approximate surface area is 187 Å². The average molecular weight is 454 g/mol. The molecule has 0 bridgehead atoms. The van der Waals surface area contributed by atoms with Crippen molar-refractivity contribution in [2.45, 2.75) is 6.54 Å². The largest absolute Gasteiger partial charge is 0.478 e. The molecule has 0 aliphatic heterocycles. The summed E-state index contributed by atoms with van der Waals surface area (Å²) in [6, 6.07) is 5.69. The van der Waals surface area contributed by atoms with Gasteiger partial charge in [-0.3, -0.25) is 4.98 Å². The second kappa shape index (κ2) is 9.40. The number of carbonyl (C=O) groups is 1. The van der Waals surface area contributed by atoms with Crippen molar-refractivity contribution in [3.63, 3.8) is 0 Å². The van der Waals surface area contributed by atoms with Crippen molar-refractivity contribution in [1.82, 2.24) is 24.5 Å². The lowest BCUT2D eigenvalue weighted by Gasteiger charge is -2.14. The van der Waals surface area contributed by atoms with E-state index in [4.69, 9.17) is 11.6 Å². The van der Waals surface area contributed by atoms with Gasteiger partial charge in [-0.2, -0.15) is 4.98 Å². The number of carboxylic acids is 1. The van der Waals surface area contributed by atoms with Crippen LogP contribution in [-0.2, 0) is 6.54 Å². The number of benzene rings is 1. The maximum atomic E-state index is 13.4. The van der Waals surface area contributed by atoms with E-state index in [0.29, 0.717) is 35.7 Å². The van der Waals surface area contributed by atoms with Gasteiger partial charge in [-0.25, -0.2) is 19.2 Å². The quantitative estimate of drug-likeness (QED) is 0.365. The van der Waals surface area contributed by atoms with Gasteiger partial charge in [-0.1, -0.05) is 11.6 Å². The normalized spacial score (nSPS) is 10.7. The topological polar surface area (TPSA) is 118 Å². The minimum Gasteiger partial charge on any atom is -0.478 e. The highest BCUT2D eigenvalue weighted by Gasteiger charge is 2.13. The fourth-order valence-corrected chi connectivity index (χ4v) is 3.10. The predicted octanol–water partition coefficient (Wildman–Crippen LogP) is 4.08. The summed E-state index contributed by atoms with van der Waals surface area (Å²) in [5, 5.41) is 15.5. The van der Waals surface area contributed by atoms with Gasteiger partial charge in [-0.15, -0.1) is 0 Å². The molecule has 162 valence electrons. The molecule has 1 aromatic carbocycles. The van der Waals surface area contributed by atoms with Gasteiger partial charge >= 0.3 is 5.97 Å². The number of anilines is 3. The zero-order valence-corrected chi connectivity index (χ0v) is 17.3. The van der Waals surface area contributed by atoms with Crippen LogP contribution in [0.2, 0.25) is 5.02 Å². The number of hydrogen-bond donors (Lipinski definition) is 3. The molecule has 4 rings (SSSR count). The SMILES string of the molecule is O=C(O)c1cncc(-c2cnc(Nc3ccc(F)c(Cl)c3)nc2NCCn2ccnc2)c1. The number of rotatable bonds is 8. The molecular formula is C21H17ClFN7O2. The van der Waals surface area contributed by atoms with Crippen LogP contribution < -0.4 is 10.6 Å². The Kier molecular flexibility index (Phi) is 6.22. The van der Waals surface area contributed by atoms with Crippen molar-refractivity contribution in [3.05, 3.63) is 78.0 Å². The van der Waals surface area contributed by atoms with E-state index in [9.17, 15) is 14.3 Å². The zero-order valence-electron chi connectivity index (χ0n) is 16.5. The number of carboxylic acid groups (broad SMARTS) is 1. The van der Waals surface area contributed by atoms with E-state index in [1.54, 1.807) is 24.9 Å². The van der Waals surface area contributed by atoms with Gasteiger partial charge in [-0.05, 0) is 24.3 Å². The number of halogens is 2. The fraction of sp³-hybridized carbons (Fsp3) is 0.0952. The molecule has 0 aliphatic rings. The van der Waals surface area contributed by atoms with Gasteiger partial charge < -0.3 is 20.3 Å². The zero-order chi connectivity index (χ0) is 22.5. The summed E-state index contributed by atoms with van der Waals surface area (Å²) in [6.07, 6.45) is 9.60. The van der Waals surface area contributed by atoms with Crippen molar-refractivity contribution in [2.75, 3.05) is 17.2 Å². The molecule has 4 aromatic rings. The van der Waals surface area contributed by atoms with Crippen molar-refractivity contribution in [3.8, 4) is 11.1 Å². The Morgan fingerprint density at radius 1 is 1.19 bits per heavy atom. The minimum atomic E-state index is -1.08. The number of imidazole rings is 1. The molecule has 0 saturated heterocycles. The summed E-state index contributed by atoms with van der Waals surface area (Å²) in [7, 11) is 0. The van der Waals surface area contributed by atoms with Crippen LogP contribution in [0.15, 0.2) is 61.6 Å². The first-order valence-corrected chi connectivity index (χ1v) is 9.85. The van der Waals surface area contributed by atoms with Gasteiger partial charge in [0.1, 0.15) is 11.6 Å². The van der Waals surface area contributed by atoms with E-state index in [1.807, 2.05) is 10.8 Å². The maximum Gasteiger partial charge on any atom is 0.337 e. The molecule has 0 aliphatic carbocycles. The Balaban J connectivity index is 1.64. The van der Waals surface area contributed by atoms with Gasteiger partial charge in [0.05, 0.1) is 16.9 Å². The fourth-order valence-electron chi connectivity index (χ4n) is 2.92. The smallest absolute Gasteiger partial charge is 0.337 e. The summed E-state index contributed by atoms with van der Waals surface area (Å²) >= 11 is 5.84. The highest BCUT2D eigenvalue weighted by atomic mass is 35.5. The number of nitrogens with zero attached hydrogens (tertiary/aromatic N) is 5. The first-order valence-electron chi connectivity index (χ1n) is 9.47. The average Bonchev–Trinajstić information content (AvgIpc) is 3.30. The Bertz CT molecular complexity index is 1250. The summed E-state index contributed by atoms with van der Waals surface area (Å²) in [4.78, 5) is 28.2. The molecule has 0 saturated carbocycles. The van der Waals surface area contributed by atoms with Crippen LogP contribution in [0.25, 0.3) is 11.1 Å². The molecule has 0 radical (unpaired) electrons. The van der Waals surface area contributed by atoms with Crippen LogP contribution in [0.3, 0.4) is 0 Å². The molecule has 11 heteroatoms. The van der Waals surface area contributed by atoms with E-state index in [2.05, 4.69) is 30.6 Å². The van der Waals surface area contributed by atoms with Crippen molar-refractivity contribution in [2.24, 2.45) is 0 Å². The van der Waals surface area contributed by atoms with Crippen LogP contribution >= 0.6 is 11.6 Å². The number of hydrogen-bond acceptors (Lipinski definition) is 7. The third kappa shape index (κ3) is 4.98. The van der Waals surface area contributed by atoms with Crippen LogP contribution in [-0.4, -0.2) is 42.1 Å². The van der Waals surface area contributed by atoms with Crippen LogP contribution in [0.1, 0.15) is 10.4 Å². The van der Waals surface area contributed by atoms with E-state index in [0.717, 1.165) is 0 Å². The van der Waals surface area contributed by atoms with Crippen LogP contribution in [0, 0.1) is 5.82 Å². The van der Waals surface area contributed by atoms with E-state index >= 15 is 0 Å². The maximum absolute atomic E-state index is 13.4. The van der Waals surface area contributed by atoms with Crippen LogP contribution in [0.4, 0.5) is 21.8 Å². The van der Waals surface area contributed by atoms with Crippen LogP contribution in [0.5, 0.6) is 0 Å². The highest BCUT2D eigenvalue weighted by Crippen LogP contribution is 2.28. The molecule has 0 unspecified atom stereocenters. The summed E-state index contributed by atoms with van der Waals surface area (Å²) in [6.45, 7) is 1.15. The molecule has 0 amide bonds. The molecule has 3 N–H and O–H groups in total. The van der Waals surface area contributed by atoms with E-state index < -0.39 is 11.8 Å². The third-order valence-corrected chi connectivity index (χ3v) is 4.77. The van der Waals surface area contributed by atoms with Crippen molar-refractivity contribution >= 4 is 35.0 Å². The molecule has 3 heterocycles.